The Labute approximate surface area is 95.7 Å². The smallest absolute Gasteiger partial charge is 0.396 e. The van der Waals surface area contributed by atoms with Crippen molar-refractivity contribution in [3.63, 3.8) is 0 Å². The highest BCUT2D eigenvalue weighted by atomic mass is 19.4. The van der Waals surface area contributed by atoms with Crippen LogP contribution in [0.3, 0.4) is 0 Å². The molecule has 0 saturated carbocycles. The van der Waals surface area contributed by atoms with Crippen LogP contribution in [0.5, 0.6) is 0 Å². The van der Waals surface area contributed by atoms with E-state index in [1.54, 1.807) is 10.9 Å². The number of halogens is 3. The molecule has 0 spiro atoms. The third kappa shape index (κ3) is 2.77. The number of benzene rings is 1. The van der Waals surface area contributed by atoms with Gasteiger partial charge in [0.05, 0.1) is 24.0 Å². The van der Waals surface area contributed by atoms with Crippen molar-refractivity contribution in [1.29, 1.82) is 0 Å². The van der Waals surface area contributed by atoms with Crippen LogP contribution >= 0.6 is 0 Å². The van der Waals surface area contributed by atoms with Gasteiger partial charge in [0, 0.05) is 6.20 Å². The SMILES string of the molecule is Nc1cnn(Cc2ccc(C(F)(F)F)cc2)c1. The van der Waals surface area contributed by atoms with E-state index >= 15 is 0 Å². The molecule has 0 bridgehead atoms. The first-order valence-corrected chi connectivity index (χ1v) is 4.89. The van der Waals surface area contributed by atoms with Crippen LogP contribution in [0.1, 0.15) is 11.1 Å². The van der Waals surface area contributed by atoms with E-state index in [1.807, 2.05) is 0 Å². The molecule has 1 heterocycles. The van der Waals surface area contributed by atoms with Crippen molar-refractivity contribution in [2.24, 2.45) is 0 Å². The molecule has 0 aliphatic heterocycles. The third-order valence-electron chi connectivity index (χ3n) is 2.28. The summed E-state index contributed by atoms with van der Waals surface area (Å²) < 4.78 is 38.5. The zero-order chi connectivity index (χ0) is 12.5. The standard InChI is InChI=1S/C11H10F3N3/c12-11(13,14)9-3-1-8(2-4-9)6-17-7-10(15)5-16-17/h1-5,7H,6,15H2. The first-order valence-electron chi connectivity index (χ1n) is 4.89. The van der Waals surface area contributed by atoms with Gasteiger partial charge in [0.1, 0.15) is 0 Å². The Morgan fingerprint density at radius 1 is 1.18 bits per heavy atom. The van der Waals surface area contributed by atoms with Crippen LogP contribution in [-0.4, -0.2) is 9.78 Å². The molecule has 2 aromatic rings. The fourth-order valence-corrected chi connectivity index (χ4v) is 1.45. The summed E-state index contributed by atoms with van der Waals surface area (Å²) in [5, 5.41) is 3.95. The van der Waals surface area contributed by atoms with Gasteiger partial charge in [0.25, 0.3) is 0 Å². The number of rotatable bonds is 2. The summed E-state index contributed by atoms with van der Waals surface area (Å²) in [6.45, 7) is 0.398. The Morgan fingerprint density at radius 3 is 2.29 bits per heavy atom. The highest BCUT2D eigenvalue weighted by molar-refractivity contribution is 5.31. The van der Waals surface area contributed by atoms with Crippen LogP contribution in [-0.2, 0) is 12.7 Å². The Bertz CT molecular complexity index is 499. The summed E-state index contributed by atoms with van der Waals surface area (Å²) in [6, 6.07) is 4.98. The van der Waals surface area contributed by atoms with Gasteiger partial charge < -0.3 is 5.73 Å². The molecule has 0 amide bonds. The lowest BCUT2D eigenvalue weighted by atomic mass is 10.1. The van der Waals surface area contributed by atoms with Crippen molar-refractivity contribution in [3.8, 4) is 0 Å². The summed E-state index contributed by atoms with van der Waals surface area (Å²) in [6.07, 6.45) is -1.18. The minimum absolute atomic E-state index is 0.398. The number of nitrogens with two attached hydrogens (primary N) is 1. The van der Waals surface area contributed by atoms with Crippen molar-refractivity contribution in [2.45, 2.75) is 12.7 Å². The van der Waals surface area contributed by atoms with E-state index in [0.29, 0.717) is 12.2 Å². The molecular formula is C11H10F3N3. The fourth-order valence-electron chi connectivity index (χ4n) is 1.45. The van der Waals surface area contributed by atoms with Gasteiger partial charge in [-0.15, -0.1) is 0 Å². The molecule has 0 saturated heterocycles. The Kier molecular flexibility index (Phi) is 2.79. The van der Waals surface area contributed by atoms with Gasteiger partial charge in [0.2, 0.25) is 0 Å². The van der Waals surface area contributed by atoms with Crippen LogP contribution in [0.4, 0.5) is 18.9 Å². The van der Waals surface area contributed by atoms with Crippen molar-refractivity contribution < 1.29 is 13.2 Å². The first-order chi connectivity index (χ1) is 7.95. The lowest BCUT2D eigenvalue weighted by molar-refractivity contribution is -0.137. The molecule has 0 aliphatic rings. The zero-order valence-corrected chi connectivity index (χ0v) is 8.78. The monoisotopic (exact) mass is 241 g/mol. The summed E-state index contributed by atoms with van der Waals surface area (Å²) in [7, 11) is 0. The predicted molar refractivity (Wildman–Crippen MR) is 57.2 cm³/mol. The molecule has 1 aromatic carbocycles. The fraction of sp³-hybridized carbons (Fsp3) is 0.182. The molecule has 90 valence electrons. The molecular weight excluding hydrogens is 231 g/mol. The van der Waals surface area contributed by atoms with Gasteiger partial charge in [-0.2, -0.15) is 18.3 Å². The molecule has 17 heavy (non-hydrogen) atoms. The van der Waals surface area contributed by atoms with Crippen LogP contribution in [0, 0.1) is 0 Å². The van der Waals surface area contributed by atoms with Gasteiger partial charge in [-0.05, 0) is 17.7 Å². The second kappa shape index (κ2) is 4.12. The Balaban J connectivity index is 2.13. The van der Waals surface area contributed by atoms with Crippen LogP contribution in [0.25, 0.3) is 0 Å². The number of nitrogens with zero attached hydrogens (tertiary/aromatic N) is 2. The van der Waals surface area contributed by atoms with E-state index in [-0.39, 0.29) is 0 Å². The van der Waals surface area contributed by atoms with Gasteiger partial charge >= 0.3 is 6.18 Å². The van der Waals surface area contributed by atoms with E-state index in [2.05, 4.69) is 5.10 Å². The van der Waals surface area contributed by atoms with Gasteiger partial charge in [-0.3, -0.25) is 4.68 Å². The quantitative estimate of drug-likeness (QED) is 0.878. The molecule has 0 radical (unpaired) electrons. The minimum atomic E-state index is -4.30. The number of alkyl halides is 3. The summed E-state index contributed by atoms with van der Waals surface area (Å²) in [4.78, 5) is 0. The molecule has 0 aliphatic carbocycles. The first kappa shape index (κ1) is 11.5. The van der Waals surface area contributed by atoms with Crippen molar-refractivity contribution >= 4 is 5.69 Å². The van der Waals surface area contributed by atoms with E-state index in [1.165, 1.54) is 18.3 Å². The van der Waals surface area contributed by atoms with Crippen LogP contribution in [0.2, 0.25) is 0 Å². The molecule has 1 aromatic heterocycles. The van der Waals surface area contributed by atoms with Crippen LogP contribution < -0.4 is 5.73 Å². The average molecular weight is 241 g/mol. The van der Waals surface area contributed by atoms with Gasteiger partial charge in [0.15, 0.2) is 0 Å². The topological polar surface area (TPSA) is 43.8 Å². The van der Waals surface area contributed by atoms with Gasteiger partial charge in [-0.1, -0.05) is 12.1 Å². The number of hydrogen-bond donors (Lipinski definition) is 1. The highest BCUT2D eigenvalue weighted by Crippen LogP contribution is 2.29. The molecule has 6 heteroatoms. The average Bonchev–Trinajstić information content (AvgIpc) is 2.63. The molecule has 0 unspecified atom stereocenters. The maximum atomic E-state index is 12.3. The van der Waals surface area contributed by atoms with E-state index < -0.39 is 11.7 Å². The second-order valence-electron chi connectivity index (χ2n) is 3.67. The molecule has 3 nitrogen and oxygen atoms in total. The Morgan fingerprint density at radius 2 is 1.82 bits per heavy atom. The lowest BCUT2D eigenvalue weighted by Crippen LogP contribution is -2.05. The minimum Gasteiger partial charge on any atom is -0.396 e. The van der Waals surface area contributed by atoms with E-state index in [0.717, 1.165) is 17.7 Å². The third-order valence-corrected chi connectivity index (χ3v) is 2.28. The molecule has 2 rings (SSSR count). The van der Waals surface area contributed by atoms with Crippen molar-refractivity contribution in [1.82, 2.24) is 9.78 Å². The number of hydrogen-bond acceptors (Lipinski definition) is 2. The van der Waals surface area contributed by atoms with Crippen molar-refractivity contribution in [3.05, 3.63) is 47.8 Å². The highest BCUT2D eigenvalue weighted by Gasteiger charge is 2.29. The second-order valence-corrected chi connectivity index (χ2v) is 3.67. The zero-order valence-electron chi connectivity index (χ0n) is 8.78. The van der Waals surface area contributed by atoms with Gasteiger partial charge in [-0.25, -0.2) is 0 Å². The molecule has 0 fully saturated rings. The maximum absolute atomic E-state index is 12.3. The number of anilines is 1. The summed E-state index contributed by atoms with van der Waals surface area (Å²) in [5.74, 6) is 0. The maximum Gasteiger partial charge on any atom is 0.416 e. The lowest BCUT2D eigenvalue weighted by Gasteiger charge is -2.07. The predicted octanol–water partition coefficient (Wildman–Crippen LogP) is 2.53. The molecule has 0 atom stereocenters. The largest absolute Gasteiger partial charge is 0.416 e. The van der Waals surface area contributed by atoms with Crippen molar-refractivity contribution in [2.75, 3.05) is 5.73 Å². The molecule has 2 N–H and O–H groups in total. The summed E-state index contributed by atoms with van der Waals surface area (Å²) in [5.41, 5.74) is 6.09. The Hall–Kier alpha value is -1.98. The van der Waals surface area contributed by atoms with E-state index in [9.17, 15) is 13.2 Å². The van der Waals surface area contributed by atoms with Crippen LogP contribution in [0.15, 0.2) is 36.7 Å². The van der Waals surface area contributed by atoms with E-state index in [4.69, 9.17) is 5.73 Å². The number of aromatic nitrogens is 2. The summed E-state index contributed by atoms with van der Waals surface area (Å²) >= 11 is 0. The normalized spacial score (nSPS) is 11.7. The number of nitrogen functional groups attached to an aromatic ring is 1.